The fourth-order valence-corrected chi connectivity index (χ4v) is 7.80. The van der Waals surface area contributed by atoms with Gasteiger partial charge in [-0.2, -0.15) is 10.2 Å². The Bertz CT molecular complexity index is 1860. The summed E-state index contributed by atoms with van der Waals surface area (Å²) in [5.74, 6) is 1.27. The number of aromatic hydroxyl groups is 1. The standard InChI is InChI=1S/C36H35N5O3S/c1-35(2)25-18-19-36(35,3)31(21-25)37-38-34-41(27-12-14-28(42)15-13-27)33(43)30(45-34)20-24-22-40(26-8-6-5-7-9-26)39-32(24)23-10-16-29(44-4)17-11-23/h5-17,20,22,25,42H,18-19,21H2,1-4H3. The average Bonchev–Trinajstić information content (AvgIpc) is 3.73. The van der Waals surface area contributed by atoms with Gasteiger partial charge in [0.25, 0.3) is 5.91 Å². The third kappa shape index (κ3) is 4.95. The number of amidine groups is 1. The average molecular weight is 618 g/mol. The first-order valence-corrected chi connectivity index (χ1v) is 16.0. The predicted octanol–water partition coefficient (Wildman–Crippen LogP) is 7.93. The number of carbonyl (C=O) groups is 1. The summed E-state index contributed by atoms with van der Waals surface area (Å²) in [6, 6.07) is 24.2. The maximum atomic E-state index is 14.1. The van der Waals surface area contributed by atoms with Gasteiger partial charge in [-0.1, -0.05) is 39.0 Å². The van der Waals surface area contributed by atoms with Crippen LogP contribution in [0.15, 0.2) is 100 Å². The van der Waals surface area contributed by atoms with Gasteiger partial charge in [-0.25, -0.2) is 4.68 Å². The lowest BCUT2D eigenvalue weighted by molar-refractivity contribution is -0.113. The number of rotatable bonds is 6. The van der Waals surface area contributed by atoms with Crippen LogP contribution in [0.1, 0.15) is 45.6 Å². The van der Waals surface area contributed by atoms with Gasteiger partial charge in [0.2, 0.25) is 5.17 Å². The van der Waals surface area contributed by atoms with Gasteiger partial charge in [-0.3, -0.25) is 9.69 Å². The topological polar surface area (TPSA) is 92.3 Å². The Morgan fingerprint density at radius 3 is 2.36 bits per heavy atom. The van der Waals surface area contributed by atoms with E-state index in [9.17, 15) is 9.90 Å². The van der Waals surface area contributed by atoms with Gasteiger partial charge in [0.1, 0.15) is 11.5 Å². The number of methoxy groups -OCH3 is 1. The molecule has 2 unspecified atom stereocenters. The number of fused-ring (bicyclic) bond motifs is 2. The maximum absolute atomic E-state index is 14.1. The molecule has 9 heteroatoms. The van der Waals surface area contributed by atoms with E-state index in [1.807, 2.05) is 71.6 Å². The highest BCUT2D eigenvalue weighted by Crippen LogP contribution is 2.64. The van der Waals surface area contributed by atoms with Gasteiger partial charge in [-0.05, 0) is 109 Å². The smallest absolute Gasteiger partial charge is 0.271 e. The van der Waals surface area contributed by atoms with Gasteiger partial charge in [0.15, 0.2) is 0 Å². The summed E-state index contributed by atoms with van der Waals surface area (Å²) in [5, 5.41) is 24.9. The summed E-state index contributed by atoms with van der Waals surface area (Å²) in [6.45, 7) is 6.99. The SMILES string of the molecule is COc1ccc(-c2nn(-c3ccccc3)cc2C=C2SC(=NN=C3CC4CCC3(C)C4(C)C)N(c3ccc(O)cc3)C2=O)cc1. The summed E-state index contributed by atoms with van der Waals surface area (Å²) >= 11 is 1.30. The molecule has 0 radical (unpaired) electrons. The van der Waals surface area contributed by atoms with Crippen molar-refractivity contribution in [3.8, 4) is 28.4 Å². The molecule has 1 amide bonds. The lowest BCUT2D eigenvalue weighted by atomic mass is 9.70. The third-order valence-corrected chi connectivity index (χ3v) is 11.1. The summed E-state index contributed by atoms with van der Waals surface area (Å²) in [6.07, 6.45) is 7.07. The highest BCUT2D eigenvalue weighted by atomic mass is 32.2. The number of hydrogen-bond acceptors (Lipinski definition) is 7. The van der Waals surface area contributed by atoms with Crippen molar-refractivity contribution >= 4 is 40.3 Å². The molecular formula is C36H35N5O3S. The zero-order chi connectivity index (χ0) is 31.3. The van der Waals surface area contributed by atoms with E-state index in [0.717, 1.165) is 46.8 Å². The Hall–Kier alpha value is -4.63. The Morgan fingerprint density at radius 2 is 1.71 bits per heavy atom. The van der Waals surface area contributed by atoms with E-state index >= 15 is 0 Å². The molecular weight excluding hydrogens is 582 g/mol. The maximum Gasteiger partial charge on any atom is 0.271 e. The minimum atomic E-state index is -0.211. The highest BCUT2D eigenvalue weighted by molar-refractivity contribution is 8.19. The molecule has 1 aromatic heterocycles. The lowest BCUT2D eigenvalue weighted by Gasteiger charge is -2.34. The second kappa shape index (κ2) is 11.1. The van der Waals surface area contributed by atoms with Crippen LogP contribution in [0.25, 0.3) is 23.0 Å². The molecule has 7 rings (SSSR count). The first kappa shape index (κ1) is 29.1. The van der Waals surface area contributed by atoms with E-state index in [1.54, 1.807) is 36.3 Å². The van der Waals surface area contributed by atoms with E-state index in [4.69, 9.17) is 20.0 Å². The number of anilines is 1. The van der Waals surface area contributed by atoms with Crippen LogP contribution in [0.4, 0.5) is 5.69 Å². The molecule has 2 saturated carbocycles. The first-order valence-electron chi connectivity index (χ1n) is 15.2. The van der Waals surface area contributed by atoms with Crippen molar-refractivity contribution in [2.24, 2.45) is 27.0 Å². The van der Waals surface area contributed by atoms with Crippen molar-refractivity contribution < 1.29 is 14.6 Å². The summed E-state index contributed by atoms with van der Waals surface area (Å²) < 4.78 is 7.19. The second-order valence-electron chi connectivity index (χ2n) is 12.6. The van der Waals surface area contributed by atoms with Crippen LogP contribution < -0.4 is 9.64 Å². The second-order valence-corrected chi connectivity index (χ2v) is 13.6. The predicted molar refractivity (Wildman–Crippen MR) is 181 cm³/mol. The number of benzene rings is 3. The number of carbonyl (C=O) groups excluding carboxylic acids is 1. The number of para-hydroxylation sites is 1. The number of phenols is 1. The molecule has 3 fully saturated rings. The van der Waals surface area contributed by atoms with Crippen LogP contribution in [0.3, 0.4) is 0 Å². The van der Waals surface area contributed by atoms with Crippen LogP contribution in [-0.4, -0.2) is 38.8 Å². The summed E-state index contributed by atoms with van der Waals surface area (Å²) in [4.78, 5) is 16.2. The Kier molecular flexibility index (Phi) is 7.16. The van der Waals surface area contributed by atoms with Crippen molar-refractivity contribution in [2.45, 2.75) is 40.0 Å². The number of ether oxygens (including phenoxy) is 1. The van der Waals surface area contributed by atoms with E-state index < -0.39 is 0 Å². The van der Waals surface area contributed by atoms with Crippen molar-refractivity contribution in [2.75, 3.05) is 12.0 Å². The molecule has 45 heavy (non-hydrogen) atoms. The van der Waals surface area contributed by atoms with E-state index in [1.165, 1.54) is 18.2 Å². The van der Waals surface area contributed by atoms with Gasteiger partial charge >= 0.3 is 0 Å². The Morgan fingerprint density at radius 1 is 0.978 bits per heavy atom. The zero-order valence-corrected chi connectivity index (χ0v) is 26.6. The minimum absolute atomic E-state index is 0.00364. The molecule has 1 aliphatic heterocycles. The van der Waals surface area contributed by atoms with Gasteiger partial charge in [0.05, 0.1) is 29.1 Å². The van der Waals surface area contributed by atoms with E-state index in [-0.39, 0.29) is 22.5 Å². The quantitative estimate of drug-likeness (QED) is 0.175. The molecule has 1 saturated heterocycles. The number of thioether (sulfide) groups is 1. The van der Waals surface area contributed by atoms with Crippen molar-refractivity contribution in [3.05, 3.63) is 95.5 Å². The molecule has 2 heterocycles. The molecule has 0 spiro atoms. The van der Waals surface area contributed by atoms with Gasteiger partial charge in [-0.15, -0.1) is 5.10 Å². The number of hydrogen-bond donors (Lipinski definition) is 1. The number of phenolic OH excluding ortho intramolecular Hbond substituents is 1. The monoisotopic (exact) mass is 617 g/mol. The van der Waals surface area contributed by atoms with Crippen LogP contribution in [0.5, 0.6) is 11.5 Å². The molecule has 2 atom stereocenters. The highest BCUT2D eigenvalue weighted by Gasteiger charge is 2.60. The van der Waals surface area contributed by atoms with Crippen LogP contribution in [0.2, 0.25) is 0 Å². The molecule has 1 N–H and O–H groups in total. The zero-order valence-electron chi connectivity index (χ0n) is 25.8. The van der Waals surface area contributed by atoms with Crippen LogP contribution >= 0.6 is 11.8 Å². The van der Waals surface area contributed by atoms with Crippen LogP contribution in [0, 0.1) is 16.7 Å². The number of aromatic nitrogens is 2. The first-order chi connectivity index (χ1) is 21.7. The number of nitrogens with zero attached hydrogens (tertiary/aromatic N) is 5. The lowest BCUT2D eigenvalue weighted by Crippen LogP contribution is -2.32. The largest absolute Gasteiger partial charge is 0.508 e. The molecule has 228 valence electrons. The Labute approximate surface area is 267 Å². The molecule has 3 aliphatic rings. The van der Waals surface area contributed by atoms with Crippen molar-refractivity contribution in [3.63, 3.8) is 0 Å². The molecule has 3 aromatic carbocycles. The summed E-state index contributed by atoms with van der Waals surface area (Å²) in [5.41, 5.74) is 5.23. The number of amides is 1. The fourth-order valence-electron chi connectivity index (χ4n) is 6.87. The van der Waals surface area contributed by atoms with E-state index in [0.29, 0.717) is 21.7 Å². The van der Waals surface area contributed by atoms with Crippen molar-refractivity contribution in [1.82, 2.24) is 9.78 Å². The molecule has 8 nitrogen and oxygen atoms in total. The normalized spacial score (nSPS) is 24.8. The van der Waals surface area contributed by atoms with Crippen molar-refractivity contribution in [1.29, 1.82) is 0 Å². The molecule has 2 bridgehead atoms. The molecule has 4 aromatic rings. The van der Waals surface area contributed by atoms with Crippen LogP contribution in [-0.2, 0) is 4.79 Å². The van der Waals surface area contributed by atoms with E-state index in [2.05, 4.69) is 20.8 Å². The minimum Gasteiger partial charge on any atom is -0.508 e. The Balaban J connectivity index is 1.31. The molecule has 2 aliphatic carbocycles. The third-order valence-electron chi connectivity index (χ3n) is 10.1. The summed E-state index contributed by atoms with van der Waals surface area (Å²) in [7, 11) is 1.64. The van der Waals surface area contributed by atoms with Gasteiger partial charge < -0.3 is 9.84 Å². The van der Waals surface area contributed by atoms with Gasteiger partial charge in [0, 0.05) is 28.5 Å². The fraction of sp³-hybridized carbons (Fsp3) is 0.278.